The first-order valence-electron chi connectivity index (χ1n) is 9.93. The molecule has 2 aromatic rings. The zero-order chi connectivity index (χ0) is 22.6. The Bertz CT molecular complexity index is 1080. The highest BCUT2D eigenvalue weighted by molar-refractivity contribution is 7.89. The number of benzene rings is 2. The van der Waals surface area contributed by atoms with Gasteiger partial charge in [0.1, 0.15) is 5.75 Å². The quantitative estimate of drug-likeness (QED) is 0.588. The molecule has 1 aliphatic heterocycles. The summed E-state index contributed by atoms with van der Waals surface area (Å²) in [6.45, 7) is 2.48. The second kappa shape index (κ2) is 9.80. The Balaban J connectivity index is 1.57. The number of rotatable bonds is 7. The Kier molecular flexibility index (Phi) is 7.35. The van der Waals surface area contributed by atoms with Crippen molar-refractivity contribution in [2.75, 3.05) is 33.3 Å². The lowest BCUT2D eigenvalue weighted by Gasteiger charge is -2.34. The third-order valence-corrected chi connectivity index (χ3v) is 7.50. The van der Waals surface area contributed by atoms with Crippen LogP contribution in [-0.2, 0) is 21.2 Å². The van der Waals surface area contributed by atoms with Gasteiger partial charge in [-0.15, -0.1) is 0 Å². The number of methoxy groups -OCH3 is 1. The van der Waals surface area contributed by atoms with E-state index < -0.39 is 10.0 Å². The summed E-state index contributed by atoms with van der Waals surface area (Å²) in [6.07, 6.45) is 0.856. The molecule has 1 fully saturated rings. The van der Waals surface area contributed by atoms with Gasteiger partial charge in [-0.2, -0.15) is 4.31 Å². The first-order valence-corrected chi connectivity index (χ1v) is 11.8. The van der Waals surface area contributed by atoms with Crippen LogP contribution in [0.2, 0.25) is 5.02 Å². The van der Waals surface area contributed by atoms with E-state index in [9.17, 15) is 18.0 Å². The van der Waals surface area contributed by atoms with Crippen molar-refractivity contribution in [1.82, 2.24) is 9.21 Å². The van der Waals surface area contributed by atoms with Gasteiger partial charge in [0.05, 0.1) is 17.0 Å². The number of carbonyl (C=O) groups is 2. The van der Waals surface area contributed by atoms with Gasteiger partial charge in [0.2, 0.25) is 15.9 Å². The maximum Gasteiger partial charge on any atom is 0.243 e. The molecule has 0 aromatic heterocycles. The van der Waals surface area contributed by atoms with Crippen LogP contribution in [0.1, 0.15) is 29.3 Å². The Morgan fingerprint density at radius 1 is 1.06 bits per heavy atom. The molecule has 31 heavy (non-hydrogen) atoms. The number of aryl methyl sites for hydroxylation is 1. The molecule has 1 amide bonds. The van der Waals surface area contributed by atoms with Gasteiger partial charge in [0, 0.05) is 38.2 Å². The highest BCUT2D eigenvalue weighted by Gasteiger charge is 2.30. The van der Waals surface area contributed by atoms with Gasteiger partial charge in [-0.05, 0) is 43.2 Å². The van der Waals surface area contributed by atoms with E-state index >= 15 is 0 Å². The second-order valence-corrected chi connectivity index (χ2v) is 9.68. The molecule has 2 aromatic carbocycles. The SMILES string of the molecule is COc1ccc(CCC(=O)N2CCN(S(=O)(=O)c3cccc(C(C)=O)c3)CC2)cc1Cl. The summed E-state index contributed by atoms with van der Waals surface area (Å²) in [7, 11) is -2.17. The number of carbonyl (C=O) groups excluding carboxylic acids is 2. The molecule has 1 heterocycles. The Hall–Kier alpha value is -2.42. The Morgan fingerprint density at radius 3 is 2.39 bits per heavy atom. The van der Waals surface area contributed by atoms with Gasteiger partial charge in [0.15, 0.2) is 5.78 Å². The standard InChI is InChI=1S/C22H25ClN2O5S/c1-16(26)18-4-3-5-19(15-18)31(28,29)25-12-10-24(11-13-25)22(27)9-7-17-6-8-21(30-2)20(23)14-17/h3-6,8,14-15H,7,9-13H2,1-2H3. The summed E-state index contributed by atoms with van der Waals surface area (Å²) in [5.41, 5.74) is 1.29. The number of piperazine rings is 1. The predicted molar refractivity (Wildman–Crippen MR) is 118 cm³/mol. The number of hydrogen-bond acceptors (Lipinski definition) is 5. The molecule has 166 valence electrons. The number of ketones is 1. The third-order valence-electron chi connectivity index (χ3n) is 5.31. The van der Waals surface area contributed by atoms with Crippen LogP contribution in [0.25, 0.3) is 0 Å². The van der Waals surface area contributed by atoms with Crippen LogP contribution < -0.4 is 4.74 Å². The van der Waals surface area contributed by atoms with Gasteiger partial charge in [0.25, 0.3) is 0 Å². The van der Waals surface area contributed by atoms with Crippen LogP contribution in [0.4, 0.5) is 0 Å². The summed E-state index contributed by atoms with van der Waals surface area (Å²) >= 11 is 6.13. The van der Waals surface area contributed by atoms with E-state index in [2.05, 4.69) is 0 Å². The number of sulfonamides is 1. The van der Waals surface area contributed by atoms with Crippen molar-refractivity contribution in [2.45, 2.75) is 24.7 Å². The molecule has 0 unspecified atom stereocenters. The minimum absolute atomic E-state index is 0.0254. The van der Waals surface area contributed by atoms with Crippen LogP contribution in [0, 0.1) is 0 Å². The second-order valence-electron chi connectivity index (χ2n) is 7.34. The van der Waals surface area contributed by atoms with E-state index in [1.807, 2.05) is 6.07 Å². The van der Waals surface area contributed by atoms with Crippen molar-refractivity contribution in [2.24, 2.45) is 0 Å². The fraction of sp³-hybridized carbons (Fsp3) is 0.364. The fourth-order valence-corrected chi connectivity index (χ4v) is 5.23. The van der Waals surface area contributed by atoms with Gasteiger partial charge in [-0.25, -0.2) is 8.42 Å². The van der Waals surface area contributed by atoms with Crippen molar-refractivity contribution < 1.29 is 22.7 Å². The van der Waals surface area contributed by atoms with Crippen LogP contribution in [0.15, 0.2) is 47.4 Å². The third kappa shape index (κ3) is 5.44. The lowest BCUT2D eigenvalue weighted by Crippen LogP contribution is -2.50. The zero-order valence-electron chi connectivity index (χ0n) is 17.5. The molecule has 3 rings (SSSR count). The molecule has 0 atom stereocenters. The summed E-state index contributed by atoms with van der Waals surface area (Å²) in [6, 6.07) is 11.5. The number of nitrogens with zero attached hydrogens (tertiary/aromatic N) is 2. The van der Waals surface area contributed by atoms with Crippen molar-refractivity contribution in [3.63, 3.8) is 0 Å². The van der Waals surface area contributed by atoms with Crippen LogP contribution in [-0.4, -0.2) is 62.6 Å². The van der Waals surface area contributed by atoms with Crippen LogP contribution in [0.5, 0.6) is 5.75 Å². The van der Waals surface area contributed by atoms with Gasteiger partial charge < -0.3 is 9.64 Å². The van der Waals surface area contributed by atoms with Crippen molar-refractivity contribution in [3.05, 3.63) is 58.6 Å². The first kappa shape index (κ1) is 23.2. The monoisotopic (exact) mass is 464 g/mol. The van der Waals surface area contributed by atoms with E-state index in [1.165, 1.54) is 23.4 Å². The fourth-order valence-electron chi connectivity index (χ4n) is 3.48. The Morgan fingerprint density at radius 2 is 1.77 bits per heavy atom. The van der Waals surface area contributed by atoms with Gasteiger partial charge in [-0.1, -0.05) is 29.8 Å². The maximum absolute atomic E-state index is 12.9. The predicted octanol–water partition coefficient (Wildman–Crippen LogP) is 3.02. The summed E-state index contributed by atoms with van der Waals surface area (Å²) < 4.78 is 32.3. The molecule has 0 bridgehead atoms. The molecule has 1 aliphatic rings. The summed E-state index contributed by atoms with van der Waals surface area (Å²) in [5, 5.41) is 0.500. The molecule has 0 spiro atoms. The number of halogens is 1. The molecular formula is C22H25ClN2O5S. The topological polar surface area (TPSA) is 84.0 Å². The van der Waals surface area contributed by atoms with Crippen molar-refractivity contribution in [3.8, 4) is 5.75 Å². The minimum Gasteiger partial charge on any atom is -0.495 e. The highest BCUT2D eigenvalue weighted by Crippen LogP contribution is 2.25. The van der Waals surface area contributed by atoms with E-state index in [-0.39, 0.29) is 29.7 Å². The molecule has 9 heteroatoms. The molecule has 0 radical (unpaired) electrons. The average Bonchev–Trinajstić information content (AvgIpc) is 2.77. The van der Waals surface area contributed by atoms with E-state index in [4.69, 9.17) is 16.3 Å². The average molecular weight is 465 g/mol. The smallest absolute Gasteiger partial charge is 0.243 e. The summed E-state index contributed by atoms with van der Waals surface area (Å²) in [5.74, 6) is 0.371. The normalized spacial score (nSPS) is 15.0. The Labute approximate surface area is 187 Å². The van der Waals surface area contributed by atoms with Gasteiger partial charge >= 0.3 is 0 Å². The lowest BCUT2D eigenvalue weighted by molar-refractivity contribution is -0.132. The molecule has 7 nitrogen and oxygen atoms in total. The van der Waals surface area contributed by atoms with E-state index in [0.717, 1.165) is 5.56 Å². The van der Waals surface area contributed by atoms with Crippen molar-refractivity contribution >= 4 is 33.3 Å². The first-order chi connectivity index (χ1) is 14.7. The van der Waals surface area contributed by atoms with Crippen molar-refractivity contribution in [1.29, 1.82) is 0 Å². The van der Waals surface area contributed by atoms with E-state index in [1.54, 1.807) is 36.3 Å². The summed E-state index contributed by atoms with van der Waals surface area (Å²) in [4.78, 5) is 25.9. The minimum atomic E-state index is -3.72. The highest BCUT2D eigenvalue weighted by atomic mass is 35.5. The molecule has 0 aliphatic carbocycles. The number of hydrogen-bond donors (Lipinski definition) is 0. The molecule has 0 saturated carbocycles. The number of ether oxygens (including phenoxy) is 1. The lowest BCUT2D eigenvalue weighted by atomic mass is 10.1. The number of amides is 1. The maximum atomic E-state index is 12.9. The molecule has 1 saturated heterocycles. The molecular weight excluding hydrogens is 440 g/mol. The van der Waals surface area contributed by atoms with E-state index in [0.29, 0.717) is 42.3 Å². The largest absolute Gasteiger partial charge is 0.495 e. The molecule has 0 N–H and O–H groups in total. The zero-order valence-corrected chi connectivity index (χ0v) is 19.1. The van der Waals surface area contributed by atoms with Gasteiger partial charge in [-0.3, -0.25) is 9.59 Å². The van der Waals surface area contributed by atoms with Crippen LogP contribution in [0.3, 0.4) is 0 Å². The number of Topliss-reactive ketones (excluding diaryl/α,β-unsaturated/α-hetero) is 1. The van der Waals surface area contributed by atoms with Crippen LogP contribution >= 0.6 is 11.6 Å².